The van der Waals surface area contributed by atoms with Crippen molar-refractivity contribution in [3.05, 3.63) is 149 Å². The van der Waals surface area contributed by atoms with Gasteiger partial charge in [-0.1, -0.05) is 61.5 Å². The number of aryl methyl sites for hydroxylation is 2. The number of hydrogen-bond acceptors (Lipinski definition) is 11. The third kappa shape index (κ3) is 7.26. The Morgan fingerprint density at radius 3 is 1.67 bits per heavy atom. The topological polar surface area (TPSA) is 99.5 Å². The Balaban J connectivity index is 1.33. The van der Waals surface area contributed by atoms with Crippen LogP contribution in [0.25, 0.3) is 0 Å². The molecule has 55 heavy (non-hydrogen) atoms. The van der Waals surface area contributed by atoms with Crippen LogP contribution < -0.4 is 24.6 Å². The van der Waals surface area contributed by atoms with E-state index in [1.165, 1.54) is 5.56 Å². The van der Waals surface area contributed by atoms with Gasteiger partial charge in [0.15, 0.2) is 11.6 Å². The summed E-state index contributed by atoms with van der Waals surface area (Å²) >= 11 is 0. The van der Waals surface area contributed by atoms with Gasteiger partial charge in [-0.2, -0.15) is 0 Å². The van der Waals surface area contributed by atoms with Crippen LogP contribution in [0.5, 0.6) is 5.75 Å². The number of fused-ring (bicyclic) bond motifs is 2. The molecule has 280 valence electrons. The summed E-state index contributed by atoms with van der Waals surface area (Å²) in [5, 5.41) is 4.78. The van der Waals surface area contributed by atoms with Gasteiger partial charge in [-0.15, -0.1) is 0 Å². The van der Waals surface area contributed by atoms with E-state index in [2.05, 4.69) is 114 Å². The van der Waals surface area contributed by atoms with E-state index in [0.717, 1.165) is 101 Å². The smallest absolute Gasteiger partial charge is 0.156 e. The van der Waals surface area contributed by atoms with E-state index < -0.39 is 0 Å². The fourth-order valence-electron chi connectivity index (χ4n) is 7.85. The normalized spacial score (nSPS) is 14.8. The molecular formula is C44H48N10O. The predicted molar refractivity (Wildman–Crippen MR) is 217 cm³/mol. The Hall–Kier alpha value is -6.10. The van der Waals surface area contributed by atoms with Crippen molar-refractivity contribution in [3.63, 3.8) is 0 Å². The quantitative estimate of drug-likeness (QED) is 0.121. The first kappa shape index (κ1) is 35.9. The fourth-order valence-corrected chi connectivity index (χ4v) is 7.85. The number of hydrogen-bond donors (Lipinski definition) is 0. The van der Waals surface area contributed by atoms with Crippen molar-refractivity contribution in [2.75, 3.05) is 40.0 Å². The summed E-state index contributed by atoms with van der Waals surface area (Å²) in [4.78, 5) is 34.5. The summed E-state index contributed by atoms with van der Waals surface area (Å²) in [5.74, 6) is 4.41. The molecular weight excluding hydrogens is 685 g/mol. The molecule has 6 heterocycles. The van der Waals surface area contributed by atoms with Crippen LogP contribution in [0.1, 0.15) is 77.1 Å². The van der Waals surface area contributed by atoms with Gasteiger partial charge in [0.1, 0.15) is 30.0 Å². The number of aromatic nitrogens is 6. The highest BCUT2D eigenvalue weighted by molar-refractivity contribution is 5.64. The standard InChI is InChI=1S/C44H48N10O/c1-6-40(34-10-8-7-9-11-34)54(44-37-27-52(23-21-39(37)48-29-50-44)42-19-13-31(3)25-46-42)53(32(4)33-14-16-35(55-5)17-15-33)43-36-26-51(22-20-38(36)47-28-49-43)41-18-12-30(2)24-45-41/h7-19,24-25,28-29,32,40H,6,20-23,26-27H2,1-5H3. The molecule has 2 atom stereocenters. The molecule has 0 N–H and O–H groups in total. The second-order valence-electron chi connectivity index (χ2n) is 14.4. The molecule has 2 aliphatic heterocycles. The Kier molecular flexibility index (Phi) is 10.3. The van der Waals surface area contributed by atoms with Gasteiger partial charge in [0.25, 0.3) is 0 Å². The van der Waals surface area contributed by atoms with Crippen molar-refractivity contribution in [2.24, 2.45) is 0 Å². The number of nitrogens with zero attached hydrogens (tertiary/aromatic N) is 10. The van der Waals surface area contributed by atoms with Crippen LogP contribution in [-0.4, -0.2) is 50.1 Å². The molecule has 8 rings (SSSR count). The molecule has 0 bridgehead atoms. The zero-order chi connectivity index (χ0) is 37.9. The van der Waals surface area contributed by atoms with Crippen molar-refractivity contribution in [3.8, 4) is 5.75 Å². The van der Waals surface area contributed by atoms with Crippen LogP contribution in [0.2, 0.25) is 0 Å². The molecule has 4 aromatic heterocycles. The van der Waals surface area contributed by atoms with E-state index in [1.54, 1.807) is 19.8 Å². The van der Waals surface area contributed by atoms with Crippen molar-refractivity contribution in [1.82, 2.24) is 29.9 Å². The lowest BCUT2D eigenvalue weighted by molar-refractivity contribution is 0.414. The number of benzene rings is 2. The minimum Gasteiger partial charge on any atom is -0.497 e. The van der Waals surface area contributed by atoms with Gasteiger partial charge >= 0.3 is 0 Å². The van der Waals surface area contributed by atoms with E-state index in [-0.39, 0.29) is 12.1 Å². The lowest BCUT2D eigenvalue weighted by Crippen LogP contribution is -2.50. The third-order valence-corrected chi connectivity index (χ3v) is 10.9. The first-order valence-electron chi connectivity index (χ1n) is 19.2. The van der Waals surface area contributed by atoms with Crippen LogP contribution >= 0.6 is 0 Å². The molecule has 0 amide bonds. The van der Waals surface area contributed by atoms with Gasteiger partial charge in [-0.3, -0.25) is 10.0 Å². The molecule has 2 aliphatic rings. The van der Waals surface area contributed by atoms with Gasteiger partial charge in [-0.05, 0) is 73.7 Å². The van der Waals surface area contributed by atoms with Crippen LogP contribution in [0.4, 0.5) is 23.3 Å². The maximum absolute atomic E-state index is 5.59. The summed E-state index contributed by atoms with van der Waals surface area (Å²) in [7, 11) is 1.70. The molecule has 0 radical (unpaired) electrons. The van der Waals surface area contributed by atoms with Gasteiger partial charge in [-0.25, -0.2) is 29.9 Å². The van der Waals surface area contributed by atoms with Crippen LogP contribution in [-0.2, 0) is 25.9 Å². The van der Waals surface area contributed by atoms with E-state index in [4.69, 9.17) is 34.6 Å². The van der Waals surface area contributed by atoms with Crippen LogP contribution in [0.15, 0.2) is 104 Å². The van der Waals surface area contributed by atoms with Crippen molar-refractivity contribution in [2.45, 2.75) is 72.1 Å². The van der Waals surface area contributed by atoms with Gasteiger partial charge in [0, 0.05) is 62.5 Å². The van der Waals surface area contributed by atoms with Crippen molar-refractivity contribution < 1.29 is 4.74 Å². The van der Waals surface area contributed by atoms with Crippen molar-refractivity contribution in [1.29, 1.82) is 0 Å². The minimum atomic E-state index is -0.181. The molecule has 11 heteroatoms. The Bertz CT molecular complexity index is 2210. The van der Waals surface area contributed by atoms with E-state index in [0.29, 0.717) is 13.1 Å². The molecule has 11 nitrogen and oxygen atoms in total. The monoisotopic (exact) mass is 732 g/mol. The van der Waals surface area contributed by atoms with E-state index in [9.17, 15) is 0 Å². The van der Waals surface area contributed by atoms with Crippen LogP contribution in [0.3, 0.4) is 0 Å². The summed E-state index contributed by atoms with van der Waals surface area (Å²) in [5.41, 5.74) is 8.85. The number of pyridine rings is 2. The Morgan fingerprint density at radius 2 is 1.18 bits per heavy atom. The molecule has 0 saturated heterocycles. The first-order chi connectivity index (χ1) is 26.9. The molecule has 0 spiro atoms. The summed E-state index contributed by atoms with van der Waals surface area (Å²) in [6, 6.07) is 27.3. The van der Waals surface area contributed by atoms with Gasteiger partial charge < -0.3 is 14.5 Å². The highest BCUT2D eigenvalue weighted by Crippen LogP contribution is 2.42. The first-order valence-corrected chi connectivity index (χ1v) is 19.2. The van der Waals surface area contributed by atoms with Gasteiger partial charge in [0.2, 0.25) is 0 Å². The van der Waals surface area contributed by atoms with Crippen LogP contribution in [0, 0.1) is 13.8 Å². The largest absolute Gasteiger partial charge is 0.497 e. The number of rotatable bonds is 11. The summed E-state index contributed by atoms with van der Waals surface area (Å²) in [6.07, 6.45) is 9.71. The zero-order valence-corrected chi connectivity index (χ0v) is 32.3. The molecule has 2 unspecified atom stereocenters. The second kappa shape index (κ2) is 15.7. The molecule has 0 fully saturated rings. The van der Waals surface area contributed by atoms with Gasteiger partial charge in [0.05, 0.1) is 30.6 Å². The number of ether oxygens (including phenoxy) is 1. The lowest BCUT2D eigenvalue weighted by atomic mass is 9.99. The third-order valence-electron chi connectivity index (χ3n) is 10.9. The van der Waals surface area contributed by atoms with E-state index >= 15 is 0 Å². The SMILES string of the molecule is CCC(c1ccccc1)N(c1ncnc2c1CN(c1ccc(C)cn1)CC2)N(c1ncnc2c1CN(c1ccc(C)cn1)CC2)C(C)c1ccc(OC)cc1. The average molecular weight is 733 g/mol. The lowest BCUT2D eigenvalue weighted by Gasteiger charge is -2.47. The molecule has 2 aromatic carbocycles. The maximum atomic E-state index is 5.59. The average Bonchev–Trinajstić information content (AvgIpc) is 3.24. The minimum absolute atomic E-state index is 0.0992. The number of methoxy groups -OCH3 is 1. The molecule has 0 aliphatic carbocycles. The summed E-state index contributed by atoms with van der Waals surface area (Å²) in [6.45, 7) is 11.5. The maximum Gasteiger partial charge on any atom is 0.156 e. The summed E-state index contributed by atoms with van der Waals surface area (Å²) < 4.78 is 5.59. The second-order valence-corrected chi connectivity index (χ2v) is 14.4. The number of hydrazine groups is 1. The molecule has 6 aromatic rings. The highest BCUT2D eigenvalue weighted by Gasteiger charge is 2.38. The molecule has 0 saturated carbocycles. The van der Waals surface area contributed by atoms with Crippen molar-refractivity contribution >= 4 is 23.3 Å². The van der Waals surface area contributed by atoms with E-state index in [1.807, 2.05) is 24.5 Å². The Labute approximate surface area is 323 Å². The fraction of sp³-hybridized carbons (Fsp3) is 0.318. The Morgan fingerprint density at radius 1 is 0.636 bits per heavy atom. The highest BCUT2D eigenvalue weighted by atomic mass is 16.5. The predicted octanol–water partition coefficient (Wildman–Crippen LogP) is 7.95. The zero-order valence-electron chi connectivity index (χ0n) is 32.3. The number of anilines is 4.